The summed E-state index contributed by atoms with van der Waals surface area (Å²) >= 11 is 4.12. The summed E-state index contributed by atoms with van der Waals surface area (Å²) in [6.07, 6.45) is 8.33. The number of aromatic hydroxyl groups is 2. The Bertz CT molecular complexity index is 795. The van der Waals surface area contributed by atoms with Gasteiger partial charge in [-0.25, -0.2) is 0 Å². The first-order chi connectivity index (χ1) is 13.8. The topological polar surface area (TPSA) is 72.8 Å². The van der Waals surface area contributed by atoms with Gasteiger partial charge in [0, 0.05) is 41.7 Å². The Hall–Kier alpha value is -1.66. The zero-order chi connectivity index (χ0) is 21.2. The van der Waals surface area contributed by atoms with Gasteiger partial charge in [0.25, 0.3) is 0 Å². The van der Waals surface area contributed by atoms with Gasteiger partial charge in [-0.1, -0.05) is 12.2 Å². The zero-order valence-electron chi connectivity index (χ0n) is 17.7. The predicted molar refractivity (Wildman–Crippen MR) is 120 cm³/mol. The minimum Gasteiger partial charge on any atom is -0.504 e. The van der Waals surface area contributed by atoms with Gasteiger partial charge in [0.2, 0.25) is 5.91 Å². The molecule has 1 aliphatic carbocycles. The summed E-state index contributed by atoms with van der Waals surface area (Å²) in [6, 6.07) is 1.99. The lowest BCUT2D eigenvalue weighted by Crippen LogP contribution is -2.54. The van der Waals surface area contributed by atoms with E-state index < -0.39 is 0 Å². The Kier molecular flexibility index (Phi) is 6.84. The van der Waals surface area contributed by atoms with Crippen LogP contribution in [0.1, 0.15) is 49.3 Å². The van der Waals surface area contributed by atoms with Crippen molar-refractivity contribution in [2.75, 3.05) is 25.9 Å². The number of nitrogens with one attached hydrogen (secondary N) is 1. The third-order valence-corrected chi connectivity index (χ3v) is 7.29. The fourth-order valence-electron chi connectivity index (χ4n) is 5.33. The molecule has 29 heavy (non-hydrogen) atoms. The molecule has 6 heteroatoms. The van der Waals surface area contributed by atoms with Gasteiger partial charge in [-0.3, -0.25) is 4.79 Å². The summed E-state index contributed by atoms with van der Waals surface area (Å²) < 4.78 is 0. The molecule has 3 atom stereocenters. The number of hydrogen-bond donors (Lipinski definition) is 4. The number of thiol groups is 1. The molecule has 1 aliphatic heterocycles. The van der Waals surface area contributed by atoms with E-state index in [2.05, 4.69) is 49.0 Å². The molecule has 0 saturated carbocycles. The average molecular weight is 419 g/mol. The highest BCUT2D eigenvalue weighted by molar-refractivity contribution is 7.80. The second-order valence-electron chi connectivity index (χ2n) is 8.60. The maximum Gasteiger partial charge on any atom is 0.220 e. The van der Waals surface area contributed by atoms with Gasteiger partial charge in [0.05, 0.1) is 0 Å². The molecular formula is C23H34N2O3S. The Morgan fingerprint density at radius 2 is 2.14 bits per heavy atom. The number of benzene rings is 1. The van der Waals surface area contributed by atoms with Crippen LogP contribution in [0.15, 0.2) is 18.2 Å². The molecule has 0 radical (unpaired) electrons. The third-order valence-electron chi connectivity index (χ3n) is 7.06. The van der Waals surface area contributed by atoms with Crippen molar-refractivity contribution in [2.24, 2.45) is 5.92 Å². The van der Waals surface area contributed by atoms with E-state index in [0.29, 0.717) is 31.2 Å². The lowest BCUT2D eigenvalue weighted by molar-refractivity contribution is -0.120. The second kappa shape index (κ2) is 9.00. The van der Waals surface area contributed by atoms with Crippen LogP contribution in [-0.2, 0) is 16.6 Å². The summed E-state index contributed by atoms with van der Waals surface area (Å²) in [5.74, 6) is 0.817. The van der Waals surface area contributed by atoms with E-state index in [1.54, 1.807) is 6.07 Å². The standard InChI is InChI=1S/C23H34N2O3S/c1-15-17(7-8-20(27)24-11-13-29)14-19(26)22(28)21(15)23-9-5-4-6-18(23)16(2)25(3)12-10-23/h4,6,14,16,18,26,28-29H,5,7-13H2,1-3H3,(H,24,27). The smallest absolute Gasteiger partial charge is 0.220 e. The van der Waals surface area contributed by atoms with Crippen LogP contribution >= 0.6 is 12.6 Å². The molecule has 3 unspecified atom stereocenters. The summed E-state index contributed by atoms with van der Waals surface area (Å²) in [4.78, 5) is 14.4. The second-order valence-corrected chi connectivity index (χ2v) is 9.04. The quantitative estimate of drug-likeness (QED) is 0.325. The first-order valence-electron chi connectivity index (χ1n) is 10.6. The molecule has 3 rings (SSSR count). The molecule has 5 nitrogen and oxygen atoms in total. The molecule has 1 aromatic carbocycles. The predicted octanol–water partition coefficient (Wildman–Crippen LogP) is 3.31. The van der Waals surface area contributed by atoms with Gasteiger partial charge in [-0.15, -0.1) is 0 Å². The van der Waals surface area contributed by atoms with Crippen LogP contribution in [0.5, 0.6) is 11.5 Å². The van der Waals surface area contributed by atoms with Gasteiger partial charge in [0.15, 0.2) is 11.5 Å². The maximum absolute atomic E-state index is 12.1. The van der Waals surface area contributed by atoms with Gasteiger partial charge in [-0.05, 0) is 70.3 Å². The number of carbonyl (C=O) groups excluding carboxylic acids is 1. The van der Waals surface area contributed by atoms with Crippen LogP contribution in [0.2, 0.25) is 0 Å². The number of aryl methyl sites for hydroxylation is 1. The van der Waals surface area contributed by atoms with E-state index in [4.69, 9.17) is 0 Å². The maximum atomic E-state index is 12.1. The normalized spacial score (nSPS) is 26.9. The largest absolute Gasteiger partial charge is 0.504 e. The summed E-state index contributed by atoms with van der Waals surface area (Å²) in [7, 11) is 2.15. The highest BCUT2D eigenvalue weighted by Crippen LogP contribution is 2.54. The molecular weight excluding hydrogens is 384 g/mol. The lowest BCUT2D eigenvalue weighted by atomic mass is 9.58. The van der Waals surface area contributed by atoms with Crippen molar-refractivity contribution in [1.82, 2.24) is 10.2 Å². The molecule has 3 N–H and O–H groups in total. The van der Waals surface area contributed by atoms with Gasteiger partial charge >= 0.3 is 0 Å². The first kappa shape index (κ1) is 22.0. The van der Waals surface area contributed by atoms with E-state index in [1.165, 1.54) is 0 Å². The van der Waals surface area contributed by atoms with Crippen molar-refractivity contribution in [1.29, 1.82) is 0 Å². The molecule has 1 heterocycles. The van der Waals surface area contributed by atoms with Crippen LogP contribution in [0.4, 0.5) is 0 Å². The fraction of sp³-hybridized carbons (Fsp3) is 0.609. The monoisotopic (exact) mass is 418 g/mol. The van der Waals surface area contributed by atoms with Gasteiger partial charge in [-0.2, -0.15) is 12.6 Å². The fourth-order valence-corrected chi connectivity index (χ4v) is 5.44. The number of rotatable bonds is 6. The van der Waals surface area contributed by atoms with Crippen molar-refractivity contribution in [3.8, 4) is 11.5 Å². The van der Waals surface area contributed by atoms with E-state index in [-0.39, 0.29) is 28.7 Å². The van der Waals surface area contributed by atoms with E-state index in [0.717, 1.165) is 42.5 Å². The van der Waals surface area contributed by atoms with Gasteiger partial charge in [0.1, 0.15) is 0 Å². The Morgan fingerprint density at radius 3 is 2.86 bits per heavy atom. The molecule has 1 saturated heterocycles. The number of hydrogen-bond acceptors (Lipinski definition) is 5. The number of piperidine rings is 1. The van der Waals surface area contributed by atoms with E-state index in [9.17, 15) is 15.0 Å². The molecule has 0 aromatic heterocycles. The van der Waals surface area contributed by atoms with Gasteiger partial charge < -0.3 is 20.4 Å². The third kappa shape index (κ3) is 4.15. The minimum atomic E-state index is -0.184. The highest BCUT2D eigenvalue weighted by atomic mass is 32.1. The van der Waals surface area contributed by atoms with E-state index in [1.807, 2.05) is 6.92 Å². The Balaban J connectivity index is 1.99. The zero-order valence-corrected chi connectivity index (χ0v) is 18.6. The molecule has 0 spiro atoms. The van der Waals surface area contributed by atoms with Crippen LogP contribution < -0.4 is 5.32 Å². The van der Waals surface area contributed by atoms with Crippen molar-refractivity contribution in [3.63, 3.8) is 0 Å². The highest BCUT2D eigenvalue weighted by Gasteiger charge is 2.49. The van der Waals surface area contributed by atoms with Crippen molar-refractivity contribution in [3.05, 3.63) is 34.9 Å². The van der Waals surface area contributed by atoms with Crippen molar-refractivity contribution < 1.29 is 15.0 Å². The summed E-state index contributed by atoms with van der Waals surface area (Å²) in [5, 5.41) is 24.4. The molecule has 160 valence electrons. The van der Waals surface area contributed by atoms with Crippen LogP contribution in [0.25, 0.3) is 0 Å². The van der Waals surface area contributed by atoms with Crippen molar-refractivity contribution >= 4 is 18.5 Å². The van der Waals surface area contributed by atoms with E-state index >= 15 is 0 Å². The number of likely N-dealkylation sites (tertiary alicyclic amines) is 1. The number of fused-ring (bicyclic) bond motifs is 1. The molecule has 1 aromatic rings. The van der Waals surface area contributed by atoms with Crippen LogP contribution in [0, 0.1) is 12.8 Å². The molecule has 1 fully saturated rings. The van der Waals surface area contributed by atoms with Crippen LogP contribution in [0.3, 0.4) is 0 Å². The molecule has 1 amide bonds. The Morgan fingerprint density at radius 1 is 1.38 bits per heavy atom. The number of nitrogens with zero attached hydrogens (tertiary/aromatic N) is 1. The number of allylic oxidation sites excluding steroid dienone is 1. The van der Waals surface area contributed by atoms with Crippen LogP contribution in [-0.4, -0.2) is 53.0 Å². The summed E-state index contributed by atoms with van der Waals surface area (Å²) in [6.45, 7) is 5.79. The minimum absolute atomic E-state index is 0.0165. The number of carbonyl (C=O) groups is 1. The molecule has 0 bridgehead atoms. The Labute approximate surface area is 179 Å². The number of phenolic OH excluding ortho intramolecular Hbond substituents is 2. The number of amides is 1. The summed E-state index contributed by atoms with van der Waals surface area (Å²) in [5.41, 5.74) is 2.65. The first-order valence-corrected chi connectivity index (χ1v) is 11.2. The lowest BCUT2D eigenvalue weighted by Gasteiger charge is -2.52. The SMILES string of the molecule is Cc1c(CCC(=O)NCCS)cc(O)c(O)c1C12CCC=CC1C(C)N(C)CC2. The molecule has 2 aliphatic rings. The van der Waals surface area contributed by atoms with Crippen molar-refractivity contribution in [2.45, 2.75) is 57.4 Å². The number of phenols is 2. The average Bonchev–Trinajstić information content (AvgIpc) is 2.71.